The summed E-state index contributed by atoms with van der Waals surface area (Å²) in [4.78, 5) is 29.7. The van der Waals surface area contributed by atoms with Crippen molar-refractivity contribution in [3.63, 3.8) is 0 Å². The van der Waals surface area contributed by atoms with E-state index in [4.69, 9.17) is 4.74 Å². The van der Waals surface area contributed by atoms with Crippen molar-refractivity contribution in [3.8, 4) is 0 Å². The minimum Gasteiger partial charge on any atom is -0.370 e. The molecule has 2 aliphatic rings. The van der Waals surface area contributed by atoms with Crippen LogP contribution in [0.1, 0.15) is 57.2 Å². The van der Waals surface area contributed by atoms with Crippen LogP contribution in [0.2, 0.25) is 0 Å². The summed E-state index contributed by atoms with van der Waals surface area (Å²) in [6, 6.07) is -0.0178. The van der Waals surface area contributed by atoms with Crippen molar-refractivity contribution in [2.75, 3.05) is 13.1 Å². The van der Waals surface area contributed by atoms with E-state index in [0.29, 0.717) is 31.0 Å². The third-order valence-corrected chi connectivity index (χ3v) is 5.22. The highest BCUT2D eigenvalue weighted by molar-refractivity contribution is 6.02. The van der Waals surface area contributed by atoms with Gasteiger partial charge in [-0.2, -0.15) is 0 Å². The Morgan fingerprint density at radius 2 is 2.16 bits per heavy atom. The number of carbonyl (C=O) groups excluding carboxylic acids is 2. The van der Waals surface area contributed by atoms with Gasteiger partial charge in [0, 0.05) is 25.7 Å². The van der Waals surface area contributed by atoms with Gasteiger partial charge in [0.15, 0.2) is 5.78 Å². The van der Waals surface area contributed by atoms with Gasteiger partial charge in [0.05, 0.1) is 41.9 Å². The van der Waals surface area contributed by atoms with Crippen LogP contribution < -0.4 is 0 Å². The highest BCUT2D eigenvalue weighted by Gasteiger charge is 2.38. The molecule has 4 heterocycles. The van der Waals surface area contributed by atoms with Crippen molar-refractivity contribution >= 4 is 11.7 Å². The third kappa shape index (κ3) is 2.48. The zero-order chi connectivity index (χ0) is 17.7. The molecule has 8 nitrogen and oxygen atoms in total. The molecule has 25 heavy (non-hydrogen) atoms. The van der Waals surface area contributed by atoms with E-state index in [0.717, 1.165) is 23.4 Å². The van der Waals surface area contributed by atoms with Crippen LogP contribution in [0, 0.1) is 13.8 Å². The Hall–Kier alpha value is -2.48. The average molecular weight is 343 g/mol. The number of fused-ring (bicyclic) bond motifs is 3. The topological polar surface area (TPSA) is 93.1 Å². The molecule has 0 aliphatic carbocycles. The Morgan fingerprint density at radius 1 is 1.36 bits per heavy atom. The van der Waals surface area contributed by atoms with E-state index in [2.05, 4.69) is 15.3 Å². The second-order valence-corrected chi connectivity index (χ2v) is 6.81. The molecular weight excluding hydrogens is 322 g/mol. The van der Waals surface area contributed by atoms with E-state index in [9.17, 15) is 9.59 Å². The van der Waals surface area contributed by atoms with Crippen molar-refractivity contribution in [1.29, 1.82) is 0 Å². The number of H-pyrrole nitrogens is 1. The maximum atomic E-state index is 13.1. The summed E-state index contributed by atoms with van der Waals surface area (Å²) < 4.78 is 7.77. The number of hydrogen-bond donors (Lipinski definition) is 1. The molecule has 1 amide bonds. The predicted molar refractivity (Wildman–Crippen MR) is 88.4 cm³/mol. The molecule has 0 radical (unpaired) electrons. The lowest BCUT2D eigenvalue weighted by Crippen LogP contribution is -2.50. The summed E-state index contributed by atoms with van der Waals surface area (Å²) in [7, 11) is 0. The Morgan fingerprint density at radius 3 is 2.88 bits per heavy atom. The van der Waals surface area contributed by atoms with Crippen LogP contribution in [0.15, 0.2) is 6.20 Å². The largest absolute Gasteiger partial charge is 0.370 e. The van der Waals surface area contributed by atoms with E-state index in [1.165, 1.54) is 6.92 Å². The number of amides is 1. The van der Waals surface area contributed by atoms with Gasteiger partial charge in [0.1, 0.15) is 0 Å². The lowest BCUT2D eigenvalue weighted by Gasteiger charge is -2.41. The zero-order valence-corrected chi connectivity index (χ0v) is 14.6. The number of rotatable bonds is 2. The van der Waals surface area contributed by atoms with E-state index < -0.39 is 0 Å². The van der Waals surface area contributed by atoms with Crippen LogP contribution in [0.25, 0.3) is 0 Å². The number of Topliss-reactive ketones (excluding diaryl/α,β-unsaturated/α-hetero) is 1. The van der Waals surface area contributed by atoms with Crippen molar-refractivity contribution in [2.24, 2.45) is 0 Å². The van der Waals surface area contributed by atoms with Gasteiger partial charge in [-0.05, 0) is 25.8 Å². The molecule has 0 unspecified atom stereocenters. The molecule has 2 aromatic heterocycles. The van der Waals surface area contributed by atoms with Gasteiger partial charge in [-0.15, -0.1) is 5.10 Å². The maximum Gasteiger partial charge on any atom is 0.256 e. The van der Waals surface area contributed by atoms with Gasteiger partial charge in [-0.3, -0.25) is 9.59 Å². The van der Waals surface area contributed by atoms with Crippen LogP contribution in [0.4, 0.5) is 0 Å². The highest BCUT2D eigenvalue weighted by Crippen LogP contribution is 2.31. The quantitative estimate of drug-likeness (QED) is 0.832. The predicted octanol–water partition coefficient (Wildman–Crippen LogP) is 1.41. The first-order chi connectivity index (χ1) is 12.0. The number of nitrogens with one attached hydrogen (secondary N) is 1. The Labute approximate surface area is 145 Å². The number of ether oxygens (including phenoxy) is 1. The second kappa shape index (κ2) is 5.80. The van der Waals surface area contributed by atoms with Gasteiger partial charge < -0.3 is 14.6 Å². The molecule has 2 aliphatic heterocycles. The number of carbonyl (C=O) groups is 2. The number of likely N-dealkylation sites (tertiary alicyclic amines) is 1. The number of aromatic nitrogens is 4. The lowest BCUT2D eigenvalue weighted by atomic mass is 9.98. The molecule has 1 fully saturated rings. The number of nitrogens with zero attached hydrogens (tertiary/aromatic N) is 4. The molecule has 2 aromatic rings. The molecule has 8 heteroatoms. The highest BCUT2D eigenvalue weighted by atomic mass is 16.5. The van der Waals surface area contributed by atoms with Crippen molar-refractivity contribution in [2.45, 2.75) is 45.9 Å². The fourth-order valence-corrected chi connectivity index (χ4v) is 3.94. The first-order valence-electron chi connectivity index (χ1n) is 8.47. The summed E-state index contributed by atoms with van der Waals surface area (Å²) in [5.74, 6) is -0.115. The van der Waals surface area contributed by atoms with E-state index in [-0.39, 0.29) is 23.8 Å². The molecular formula is C17H21N5O3. The van der Waals surface area contributed by atoms with Gasteiger partial charge in [-0.1, -0.05) is 5.21 Å². The molecule has 4 rings (SSSR count). The summed E-state index contributed by atoms with van der Waals surface area (Å²) in [6.45, 7) is 6.82. The third-order valence-electron chi connectivity index (χ3n) is 5.22. The second-order valence-electron chi connectivity index (χ2n) is 6.81. The van der Waals surface area contributed by atoms with E-state index in [1.807, 2.05) is 23.4 Å². The Kier molecular flexibility index (Phi) is 3.72. The van der Waals surface area contributed by atoms with Gasteiger partial charge >= 0.3 is 0 Å². The molecule has 0 bridgehead atoms. The molecule has 1 saturated heterocycles. The Balaban J connectivity index is 1.62. The number of ketones is 1. The summed E-state index contributed by atoms with van der Waals surface area (Å²) in [6.07, 6.45) is 2.52. The molecule has 0 saturated carbocycles. The maximum absolute atomic E-state index is 13.1. The molecule has 0 spiro atoms. The van der Waals surface area contributed by atoms with Crippen LogP contribution in [0.3, 0.4) is 0 Å². The van der Waals surface area contributed by atoms with Crippen LogP contribution in [-0.2, 0) is 11.3 Å². The molecule has 132 valence electrons. The number of aryl methyl sites for hydroxylation is 1. The van der Waals surface area contributed by atoms with Crippen LogP contribution in [-0.4, -0.2) is 55.8 Å². The van der Waals surface area contributed by atoms with Gasteiger partial charge in [0.25, 0.3) is 5.91 Å². The molecule has 0 aromatic carbocycles. The fraction of sp³-hybridized carbons (Fsp3) is 0.529. The first kappa shape index (κ1) is 16.0. The van der Waals surface area contributed by atoms with Gasteiger partial charge in [0.2, 0.25) is 0 Å². The summed E-state index contributed by atoms with van der Waals surface area (Å²) in [5.41, 5.74) is 3.49. The van der Waals surface area contributed by atoms with E-state index in [1.54, 1.807) is 6.20 Å². The number of piperidine rings is 1. The van der Waals surface area contributed by atoms with Gasteiger partial charge in [-0.25, -0.2) is 4.68 Å². The Bertz CT molecular complexity index is 853. The van der Waals surface area contributed by atoms with Crippen molar-refractivity contribution < 1.29 is 14.3 Å². The number of aromatic amines is 1. The molecule has 1 N–H and O–H groups in total. The molecule has 2 atom stereocenters. The number of hydrogen-bond acceptors (Lipinski definition) is 5. The fourth-order valence-electron chi connectivity index (χ4n) is 3.94. The summed E-state index contributed by atoms with van der Waals surface area (Å²) >= 11 is 0. The first-order valence-corrected chi connectivity index (χ1v) is 8.47. The standard InChI is InChI=1S/C17H21N5O3/c1-9-15(10(2)19-16(9)11(3)23)17(24)21-5-4-14-13(7-21)22-12(8-25-14)6-18-20-22/h6,13-14,19H,4-5,7-8H2,1-3H3/t13-,14-/m1/s1. The van der Waals surface area contributed by atoms with Crippen LogP contribution >= 0.6 is 0 Å². The minimum atomic E-state index is -0.0636. The van der Waals surface area contributed by atoms with E-state index >= 15 is 0 Å². The van der Waals surface area contributed by atoms with Crippen molar-refractivity contribution in [1.82, 2.24) is 24.9 Å². The summed E-state index contributed by atoms with van der Waals surface area (Å²) in [5, 5.41) is 8.13. The minimum absolute atomic E-state index is 0.0178. The monoisotopic (exact) mass is 343 g/mol. The normalized spacial score (nSPS) is 22.4. The smallest absolute Gasteiger partial charge is 0.256 e. The van der Waals surface area contributed by atoms with Crippen molar-refractivity contribution in [3.05, 3.63) is 34.4 Å². The zero-order valence-electron chi connectivity index (χ0n) is 14.6. The SMILES string of the molecule is CC(=O)c1[nH]c(C)c(C(=O)N2CC[C@H]3OCc4cnnn4[C@@H]3C2)c1C. The lowest BCUT2D eigenvalue weighted by molar-refractivity contribution is -0.0605. The average Bonchev–Trinajstić information content (AvgIpc) is 3.18. The van der Waals surface area contributed by atoms with Crippen LogP contribution in [0.5, 0.6) is 0 Å².